The van der Waals surface area contributed by atoms with Gasteiger partial charge in [-0.1, -0.05) is 45.2 Å². The van der Waals surface area contributed by atoms with E-state index in [1.165, 1.54) is 19.3 Å². The zero-order chi connectivity index (χ0) is 20.9. The second-order valence-electron chi connectivity index (χ2n) is 9.21. The van der Waals surface area contributed by atoms with Crippen molar-refractivity contribution >= 4 is 11.9 Å². The van der Waals surface area contributed by atoms with Gasteiger partial charge in [0, 0.05) is 37.0 Å². The number of amides is 1. The van der Waals surface area contributed by atoms with Gasteiger partial charge in [-0.3, -0.25) is 4.79 Å². The molecule has 162 valence electrons. The Balaban J connectivity index is 1.54. The SMILES string of the molecule is CCNC(=NCc1noc(C(C)(C)C)n1)NC1CCN(C(=O)C2CCCCC2)C1. The molecule has 2 N–H and O–H groups in total. The summed E-state index contributed by atoms with van der Waals surface area (Å²) < 4.78 is 5.34. The highest BCUT2D eigenvalue weighted by molar-refractivity contribution is 5.81. The minimum atomic E-state index is -0.171. The maximum atomic E-state index is 12.8. The lowest BCUT2D eigenvalue weighted by atomic mass is 9.88. The van der Waals surface area contributed by atoms with Gasteiger partial charge in [0.05, 0.1) is 0 Å². The van der Waals surface area contributed by atoms with E-state index in [2.05, 4.69) is 25.8 Å². The normalized spacial score (nSPS) is 21.4. The Morgan fingerprint density at radius 2 is 2.00 bits per heavy atom. The molecule has 0 radical (unpaired) electrons. The van der Waals surface area contributed by atoms with Crippen LogP contribution in [0.3, 0.4) is 0 Å². The second-order valence-corrected chi connectivity index (χ2v) is 9.21. The van der Waals surface area contributed by atoms with Crippen LogP contribution in [-0.2, 0) is 16.8 Å². The Morgan fingerprint density at radius 1 is 1.24 bits per heavy atom. The molecule has 0 aromatic carbocycles. The molecule has 1 atom stereocenters. The highest BCUT2D eigenvalue weighted by atomic mass is 16.5. The topological polar surface area (TPSA) is 95.7 Å². The molecule has 0 spiro atoms. The molecular weight excluding hydrogens is 368 g/mol. The van der Waals surface area contributed by atoms with Crippen molar-refractivity contribution in [3.05, 3.63) is 11.7 Å². The number of nitrogens with one attached hydrogen (secondary N) is 2. The summed E-state index contributed by atoms with van der Waals surface area (Å²) in [5, 5.41) is 10.8. The Morgan fingerprint density at radius 3 is 2.66 bits per heavy atom. The van der Waals surface area contributed by atoms with Crippen LogP contribution in [0.4, 0.5) is 0 Å². The van der Waals surface area contributed by atoms with Gasteiger partial charge in [0.15, 0.2) is 11.8 Å². The van der Waals surface area contributed by atoms with Crippen molar-refractivity contribution < 1.29 is 9.32 Å². The fourth-order valence-electron chi connectivity index (χ4n) is 3.97. The van der Waals surface area contributed by atoms with Crippen LogP contribution in [0.2, 0.25) is 0 Å². The second kappa shape index (κ2) is 9.59. The zero-order valence-electron chi connectivity index (χ0n) is 18.3. The van der Waals surface area contributed by atoms with E-state index in [-0.39, 0.29) is 17.4 Å². The highest BCUT2D eigenvalue weighted by Crippen LogP contribution is 2.26. The van der Waals surface area contributed by atoms with Crippen molar-refractivity contribution in [2.45, 2.75) is 84.2 Å². The largest absolute Gasteiger partial charge is 0.357 e. The number of aromatic nitrogens is 2. The first-order valence-corrected chi connectivity index (χ1v) is 11.0. The average Bonchev–Trinajstić information content (AvgIpc) is 3.36. The number of hydrogen-bond acceptors (Lipinski definition) is 5. The highest BCUT2D eigenvalue weighted by Gasteiger charge is 2.31. The molecule has 29 heavy (non-hydrogen) atoms. The summed E-state index contributed by atoms with van der Waals surface area (Å²) in [6.45, 7) is 10.9. The number of hydrogen-bond donors (Lipinski definition) is 2. The van der Waals surface area contributed by atoms with Crippen LogP contribution in [0.25, 0.3) is 0 Å². The first kappa shape index (κ1) is 21.6. The maximum Gasteiger partial charge on any atom is 0.232 e. The summed E-state index contributed by atoms with van der Waals surface area (Å²) in [6.07, 6.45) is 6.71. The molecule has 3 rings (SSSR count). The quantitative estimate of drug-likeness (QED) is 0.578. The fourth-order valence-corrected chi connectivity index (χ4v) is 3.97. The van der Waals surface area contributed by atoms with Crippen molar-refractivity contribution in [2.24, 2.45) is 10.9 Å². The Labute approximate surface area is 173 Å². The minimum absolute atomic E-state index is 0.171. The van der Waals surface area contributed by atoms with Gasteiger partial charge < -0.3 is 20.1 Å². The monoisotopic (exact) mass is 404 g/mol. The predicted octanol–water partition coefficient (Wildman–Crippen LogP) is 2.60. The first-order chi connectivity index (χ1) is 13.9. The van der Waals surface area contributed by atoms with Crippen LogP contribution in [-0.4, -0.2) is 52.6 Å². The number of nitrogens with zero attached hydrogens (tertiary/aromatic N) is 4. The number of carbonyl (C=O) groups excluding carboxylic acids is 1. The van der Waals surface area contributed by atoms with Crippen molar-refractivity contribution in [1.29, 1.82) is 0 Å². The minimum Gasteiger partial charge on any atom is -0.357 e. The molecule has 1 aliphatic carbocycles. The van der Waals surface area contributed by atoms with Gasteiger partial charge in [-0.2, -0.15) is 4.98 Å². The van der Waals surface area contributed by atoms with E-state index in [1.807, 2.05) is 32.6 Å². The van der Waals surface area contributed by atoms with Gasteiger partial charge in [-0.05, 0) is 26.2 Å². The smallest absolute Gasteiger partial charge is 0.232 e. The lowest BCUT2D eigenvalue weighted by Gasteiger charge is -2.26. The van der Waals surface area contributed by atoms with Crippen molar-refractivity contribution in [2.75, 3.05) is 19.6 Å². The van der Waals surface area contributed by atoms with Gasteiger partial charge >= 0.3 is 0 Å². The van der Waals surface area contributed by atoms with E-state index < -0.39 is 0 Å². The molecular formula is C21H36N6O2. The molecule has 8 nitrogen and oxygen atoms in total. The number of rotatable bonds is 5. The van der Waals surface area contributed by atoms with Crippen LogP contribution in [0, 0.1) is 5.92 Å². The molecule has 1 saturated carbocycles. The van der Waals surface area contributed by atoms with Crippen molar-refractivity contribution in [3.8, 4) is 0 Å². The third kappa shape index (κ3) is 5.93. The number of aliphatic imine (C=N–C) groups is 1. The molecule has 8 heteroatoms. The van der Waals surface area contributed by atoms with Gasteiger partial charge in [-0.25, -0.2) is 4.99 Å². The first-order valence-electron chi connectivity index (χ1n) is 11.0. The molecule has 1 unspecified atom stereocenters. The van der Waals surface area contributed by atoms with E-state index >= 15 is 0 Å². The van der Waals surface area contributed by atoms with Gasteiger partial charge in [0.1, 0.15) is 6.54 Å². The average molecular weight is 405 g/mol. The van der Waals surface area contributed by atoms with Crippen molar-refractivity contribution in [3.63, 3.8) is 0 Å². The van der Waals surface area contributed by atoms with E-state index in [1.54, 1.807) is 0 Å². The molecule has 2 fully saturated rings. The molecule has 2 heterocycles. The molecule has 2 aliphatic rings. The van der Waals surface area contributed by atoms with Gasteiger partial charge in [0.25, 0.3) is 0 Å². The Hall–Kier alpha value is -2.12. The summed E-state index contributed by atoms with van der Waals surface area (Å²) in [7, 11) is 0. The van der Waals surface area contributed by atoms with E-state index in [0.29, 0.717) is 24.2 Å². The molecule has 1 aromatic heterocycles. The summed E-state index contributed by atoms with van der Waals surface area (Å²) in [5.74, 6) is 2.50. The lowest BCUT2D eigenvalue weighted by Crippen LogP contribution is -2.45. The maximum absolute atomic E-state index is 12.8. The summed E-state index contributed by atoms with van der Waals surface area (Å²) in [4.78, 5) is 23.9. The van der Waals surface area contributed by atoms with Crippen LogP contribution in [0.5, 0.6) is 0 Å². The summed E-state index contributed by atoms with van der Waals surface area (Å²) in [6, 6.07) is 0.218. The van der Waals surface area contributed by atoms with E-state index in [0.717, 1.165) is 44.9 Å². The fraction of sp³-hybridized carbons (Fsp3) is 0.810. The molecule has 1 amide bonds. The zero-order valence-corrected chi connectivity index (χ0v) is 18.3. The lowest BCUT2D eigenvalue weighted by molar-refractivity contribution is -0.135. The number of carbonyl (C=O) groups is 1. The van der Waals surface area contributed by atoms with E-state index in [9.17, 15) is 4.79 Å². The van der Waals surface area contributed by atoms with E-state index in [4.69, 9.17) is 4.52 Å². The molecule has 1 aromatic rings. The van der Waals surface area contributed by atoms with Crippen molar-refractivity contribution in [1.82, 2.24) is 25.7 Å². The molecule has 0 bridgehead atoms. The summed E-state index contributed by atoms with van der Waals surface area (Å²) >= 11 is 0. The summed E-state index contributed by atoms with van der Waals surface area (Å²) in [5.41, 5.74) is -0.171. The van der Waals surface area contributed by atoms with Crippen LogP contribution in [0.1, 0.15) is 77.9 Å². The van der Waals surface area contributed by atoms with Crippen LogP contribution in [0.15, 0.2) is 9.52 Å². The third-order valence-electron chi connectivity index (χ3n) is 5.63. The molecule has 1 aliphatic heterocycles. The Kier molecular flexibility index (Phi) is 7.14. The molecule has 1 saturated heterocycles. The van der Waals surface area contributed by atoms with Gasteiger partial charge in [0.2, 0.25) is 11.8 Å². The van der Waals surface area contributed by atoms with Gasteiger partial charge in [-0.15, -0.1) is 0 Å². The van der Waals surface area contributed by atoms with Crippen LogP contribution >= 0.6 is 0 Å². The third-order valence-corrected chi connectivity index (χ3v) is 5.63. The number of guanidine groups is 1. The predicted molar refractivity (Wildman–Crippen MR) is 113 cm³/mol. The number of likely N-dealkylation sites (tertiary alicyclic amines) is 1. The Bertz CT molecular complexity index is 702. The van der Waals surface area contributed by atoms with Crippen LogP contribution < -0.4 is 10.6 Å². The standard InChI is InChI=1S/C21H36N6O2/c1-5-22-20(23-13-17-25-19(29-26-17)21(2,3)4)24-16-11-12-27(14-16)18(28)15-9-7-6-8-10-15/h15-16H,5-14H2,1-4H3,(H2,22,23,24).